The van der Waals surface area contributed by atoms with E-state index in [4.69, 9.17) is 9.47 Å². The summed E-state index contributed by atoms with van der Waals surface area (Å²) in [5, 5.41) is 17.0. The fraction of sp³-hybridized carbons (Fsp3) is 0.450. The molecule has 0 N–H and O–H groups in total. The number of esters is 2. The van der Waals surface area contributed by atoms with Crippen LogP contribution in [-0.2, 0) is 42.1 Å². The number of non-ortho nitro benzene ring substituents is 1. The van der Waals surface area contributed by atoms with Crippen molar-refractivity contribution in [2.24, 2.45) is 0 Å². The van der Waals surface area contributed by atoms with Crippen molar-refractivity contribution >= 4 is 33.4 Å². The first-order valence-corrected chi connectivity index (χ1v) is 12.1. The number of hydrogen-bond acceptors (Lipinski definition) is 11. The van der Waals surface area contributed by atoms with Crippen molar-refractivity contribution in [2.45, 2.75) is 49.6 Å². The molecule has 0 saturated carbocycles. The zero-order chi connectivity index (χ0) is 25.5. The van der Waals surface area contributed by atoms with Crippen molar-refractivity contribution in [1.82, 2.24) is 19.9 Å². The maximum atomic E-state index is 13.4. The first-order chi connectivity index (χ1) is 16.5. The number of ether oxygens (including phenoxy) is 2. The van der Waals surface area contributed by atoms with Gasteiger partial charge in [-0.3, -0.25) is 14.9 Å². The van der Waals surface area contributed by atoms with Gasteiger partial charge in [0.05, 0.1) is 30.7 Å². The lowest BCUT2D eigenvalue weighted by Gasteiger charge is -2.36. The molecule has 0 aliphatic carbocycles. The number of nitro benzene ring substituents is 1. The molecule has 4 rings (SSSR count). The minimum atomic E-state index is -4.10. The first kappa shape index (κ1) is 24.3. The van der Waals surface area contributed by atoms with Gasteiger partial charge >= 0.3 is 11.9 Å². The van der Waals surface area contributed by atoms with Gasteiger partial charge in [-0.2, -0.15) is 0 Å². The normalized spacial score (nSPS) is 24.4. The van der Waals surface area contributed by atoms with Crippen molar-refractivity contribution in [2.75, 3.05) is 6.61 Å². The monoisotopic (exact) mass is 507 g/mol. The molecule has 186 valence electrons. The summed E-state index contributed by atoms with van der Waals surface area (Å²) in [5.41, 5.74) is 0.175. The van der Waals surface area contributed by atoms with Crippen molar-refractivity contribution in [3.8, 4) is 0 Å². The van der Waals surface area contributed by atoms with Crippen LogP contribution < -0.4 is 0 Å². The second-order valence-corrected chi connectivity index (χ2v) is 10.8. The van der Waals surface area contributed by atoms with Gasteiger partial charge in [-0.1, -0.05) is 5.21 Å². The molecule has 1 aromatic carbocycles. The van der Waals surface area contributed by atoms with Gasteiger partial charge in [-0.15, -0.1) is 5.10 Å². The van der Waals surface area contributed by atoms with Crippen LogP contribution in [-0.4, -0.2) is 73.9 Å². The molecule has 2 saturated heterocycles. The van der Waals surface area contributed by atoms with Crippen LogP contribution in [0.3, 0.4) is 0 Å². The molecular weight excluding hydrogens is 486 g/mol. The Hall–Kier alpha value is -3.88. The van der Waals surface area contributed by atoms with Crippen LogP contribution in [0.15, 0.2) is 30.5 Å². The lowest BCUT2D eigenvalue weighted by atomic mass is 9.96. The van der Waals surface area contributed by atoms with Crippen LogP contribution in [0.5, 0.6) is 0 Å². The quantitative estimate of drug-likeness (QED) is 0.206. The van der Waals surface area contributed by atoms with Gasteiger partial charge in [0, 0.05) is 12.1 Å². The number of fused-ring (bicyclic) bond motifs is 1. The van der Waals surface area contributed by atoms with E-state index in [0.29, 0.717) is 5.56 Å². The standard InChI is InChI=1S/C20H21N5O9S/c1-3-33-18(27)14-9-21-22-23(14)11-20(2)17(24-15(26)8-16(24)35(20,31)32)19(28)34-10-12-4-6-13(7-5-12)25(29)30/h4-7,9,16-17H,3,8,10-11H2,1-2H3/t16-,17-,20-/m0/s1. The molecule has 0 unspecified atom stereocenters. The molecule has 2 aliphatic heterocycles. The number of β-lactam (4-membered cyclic amide) rings is 1. The van der Waals surface area contributed by atoms with E-state index in [1.807, 2.05) is 0 Å². The van der Waals surface area contributed by atoms with E-state index in [9.17, 15) is 32.9 Å². The highest BCUT2D eigenvalue weighted by atomic mass is 32.2. The van der Waals surface area contributed by atoms with E-state index >= 15 is 0 Å². The third-order valence-electron chi connectivity index (χ3n) is 6.13. The first-order valence-electron chi connectivity index (χ1n) is 10.5. The van der Waals surface area contributed by atoms with Crippen molar-refractivity contribution in [1.29, 1.82) is 0 Å². The van der Waals surface area contributed by atoms with Crippen LogP contribution in [0, 0.1) is 10.1 Å². The summed E-state index contributed by atoms with van der Waals surface area (Å²) in [7, 11) is -4.10. The Labute approximate surface area is 198 Å². The summed E-state index contributed by atoms with van der Waals surface area (Å²) >= 11 is 0. The van der Waals surface area contributed by atoms with E-state index in [0.717, 1.165) is 15.8 Å². The molecule has 0 spiro atoms. The van der Waals surface area contributed by atoms with Gasteiger partial charge in [0.25, 0.3) is 5.69 Å². The molecular formula is C20H21N5O9S. The van der Waals surface area contributed by atoms with E-state index in [2.05, 4.69) is 10.3 Å². The molecule has 1 amide bonds. The molecule has 3 atom stereocenters. The number of benzene rings is 1. The largest absolute Gasteiger partial charge is 0.461 e. The van der Waals surface area contributed by atoms with Crippen LogP contribution in [0.25, 0.3) is 0 Å². The smallest absolute Gasteiger partial charge is 0.358 e. The highest BCUT2D eigenvalue weighted by molar-refractivity contribution is 7.93. The number of nitrogens with zero attached hydrogens (tertiary/aromatic N) is 5. The Morgan fingerprint density at radius 2 is 1.94 bits per heavy atom. The molecule has 0 bridgehead atoms. The molecule has 1 aromatic heterocycles. The third-order valence-corrected chi connectivity index (χ3v) is 8.89. The lowest BCUT2D eigenvalue weighted by molar-refractivity contribution is -0.384. The predicted octanol–water partition coefficient (Wildman–Crippen LogP) is 0.221. The van der Waals surface area contributed by atoms with Gasteiger partial charge < -0.3 is 14.4 Å². The molecule has 2 fully saturated rings. The number of amides is 1. The number of carbonyl (C=O) groups is 3. The maximum absolute atomic E-state index is 13.4. The SMILES string of the molecule is CCOC(=O)c1cnnn1C[C@@]1(C)[C@H](C(=O)OCc2ccc([N+](=O)[O-])cc2)N2C(=O)C[C@@H]2S1(=O)=O. The molecule has 2 aromatic rings. The highest BCUT2D eigenvalue weighted by Crippen LogP contribution is 2.47. The van der Waals surface area contributed by atoms with Crippen molar-refractivity contribution < 1.29 is 37.2 Å². The number of sulfone groups is 1. The summed E-state index contributed by atoms with van der Waals surface area (Å²) in [6, 6.07) is 3.77. The third kappa shape index (κ3) is 3.90. The Morgan fingerprint density at radius 3 is 2.54 bits per heavy atom. The second kappa shape index (κ2) is 8.72. The summed E-state index contributed by atoms with van der Waals surface area (Å²) in [5.74, 6) is -2.26. The number of aromatic nitrogens is 3. The van der Waals surface area contributed by atoms with E-state index < -0.39 is 55.3 Å². The summed E-state index contributed by atoms with van der Waals surface area (Å²) in [6.07, 6.45) is 0.844. The zero-order valence-corrected chi connectivity index (χ0v) is 19.5. The van der Waals surface area contributed by atoms with Crippen LogP contribution in [0.2, 0.25) is 0 Å². The Balaban J connectivity index is 1.62. The highest BCUT2D eigenvalue weighted by Gasteiger charge is 2.70. The lowest BCUT2D eigenvalue weighted by Crippen LogP contribution is -2.58. The van der Waals surface area contributed by atoms with Crippen molar-refractivity contribution in [3.05, 3.63) is 51.8 Å². The van der Waals surface area contributed by atoms with Gasteiger partial charge in [0.15, 0.2) is 21.6 Å². The number of rotatable bonds is 8. The molecule has 35 heavy (non-hydrogen) atoms. The average molecular weight is 507 g/mol. The second-order valence-electron chi connectivity index (χ2n) is 8.25. The van der Waals surface area contributed by atoms with Gasteiger partial charge in [-0.25, -0.2) is 22.7 Å². The van der Waals surface area contributed by atoms with E-state index in [1.165, 1.54) is 31.2 Å². The molecule has 14 nitrogen and oxygen atoms in total. The predicted molar refractivity (Wildman–Crippen MR) is 115 cm³/mol. The number of carbonyl (C=O) groups excluding carboxylic acids is 3. The van der Waals surface area contributed by atoms with Crippen LogP contribution >= 0.6 is 0 Å². The van der Waals surface area contributed by atoms with Crippen LogP contribution in [0.4, 0.5) is 5.69 Å². The Kier molecular flexibility index (Phi) is 6.04. The summed E-state index contributed by atoms with van der Waals surface area (Å²) < 4.78 is 36.2. The van der Waals surface area contributed by atoms with Gasteiger partial charge in [0.1, 0.15) is 16.7 Å². The Bertz CT molecular complexity index is 1310. The summed E-state index contributed by atoms with van der Waals surface area (Å²) in [4.78, 5) is 48.9. The molecule has 2 aliphatic rings. The topological polar surface area (TPSA) is 181 Å². The number of hydrogen-bond donors (Lipinski definition) is 0. The summed E-state index contributed by atoms with van der Waals surface area (Å²) in [6.45, 7) is 2.21. The van der Waals surface area contributed by atoms with Gasteiger partial charge in [0.2, 0.25) is 5.91 Å². The average Bonchev–Trinajstić information content (AvgIpc) is 3.31. The zero-order valence-electron chi connectivity index (χ0n) is 18.7. The van der Waals surface area contributed by atoms with Crippen molar-refractivity contribution in [3.63, 3.8) is 0 Å². The van der Waals surface area contributed by atoms with Gasteiger partial charge in [-0.05, 0) is 31.5 Å². The molecule has 3 heterocycles. The number of nitro groups is 1. The molecule has 15 heteroatoms. The van der Waals surface area contributed by atoms with E-state index in [-0.39, 0.29) is 31.0 Å². The minimum Gasteiger partial charge on any atom is -0.461 e. The van der Waals surface area contributed by atoms with Crippen LogP contribution in [0.1, 0.15) is 36.3 Å². The minimum absolute atomic E-state index is 0.0710. The maximum Gasteiger partial charge on any atom is 0.358 e. The molecule has 0 radical (unpaired) electrons. The Morgan fingerprint density at radius 1 is 1.26 bits per heavy atom. The fourth-order valence-electron chi connectivity index (χ4n) is 4.25. The van der Waals surface area contributed by atoms with E-state index in [1.54, 1.807) is 6.92 Å². The fourth-order valence-corrected chi connectivity index (χ4v) is 6.60.